The van der Waals surface area contributed by atoms with Gasteiger partial charge >= 0.3 is 5.97 Å². The first-order chi connectivity index (χ1) is 16.6. The SMILES string of the molecule is CN1CCc2ccc(N3CCN(C4CCN(C(CC(=O)O)c5ccccc5)CC4)C3)cc2CC1. The fraction of sp³-hybridized carbons (Fsp3) is 0.536. The third kappa shape index (κ3) is 5.29. The number of nitrogens with zero attached hydrogens (tertiary/aromatic N) is 4. The van der Waals surface area contributed by atoms with E-state index in [-0.39, 0.29) is 12.5 Å². The number of benzene rings is 2. The van der Waals surface area contributed by atoms with Gasteiger partial charge in [-0.1, -0.05) is 36.4 Å². The Morgan fingerprint density at radius 1 is 0.941 bits per heavy atom. The summed E-state index contributed by atoms with van der Waals surface area (Å²) in [4.78, 5) is 21.6. The van der Waals surface area contributed by atoms with Crippen molar-refractivity contribution in [3.63, 3.8) is 0 Å². The van der Waals surface area contributed by atoms with Crippen LogP contribution in [0.25, 0.3) is 0 Å². The molecule has 2 aromatic carbocycles. The molecule has 0 aliphatic carbocycles. The van der Waals surface area contributed by atoms with Gasteiger partial charge in [-0.05, 0) is 61.6 Å². The van der Waals surface area contributed by atoms with Crippen molar-refractivity contribution in [1.29, 1.82) is 0 Å². The number of hydrogen-bond donors (Lipinski definition) is 1. The van der Waals surface area contributed by atoms with Crippen molar-refractivity contribution in [2.75, 3.05) is 57.9 Å². The van der Waals surface area contributed by atoms with Crippen molar-refractivity contribution < 1.29 is 9.90 Å². The van der Waals surface area contributed by atoms with Crippen LogP contribution in [-0.4, -0.2) is 84.8 Å². The molecular weight excluding hydrogens is 424 g/mol. The van der Waals surface area contributed by atoms with Gasteiger partial charge in [0.1, 0.15) is 0 Å². The first-order valence-corrected chi connectivity index (χ1v) is 12.9. The predicted octanol–water partition coefficient (Wildman–Crippen LogP) is 3.48. The van der Waals surface area contributed by atoms with E-state index in [0.29, 0.717) is 6.04 Å². The summed E-state index contributed by atoms with van der Waals surface area (Å²) in [5, 5.41) is 9.50. The second-order valence-corrected chi connectivity index (χ2v) is 10.3. The van der Waals surface area contributed by atoms with Crippen molar-refractivity contribution in [2.45, 2.75) is 44.2 Å². The minimum absolute atomic E-state index is 0.0339. The van der Waals surface area contributed by atoms with Crippen molar-refractivity contribution in [3.05, 3.63) is 65.2 Å². The summed E-state index contributed by atoms with van der Waals surface area (Å²) in [6.07, 6.45) is 4.68. The van der Waals surface area contributed by atoms with E-state index in [0.717, 1.165) is 77.2 Å². The lowest BCUT2D eigenvalue weighted by Gasteiger charge is -2.40. The van der Waals surface area contributed by atoms with E-state index >= 15 is 0 Å². The van der Waals surface area contributed by atoms with Crippen LogP contribution in [0.5, 0.6) is 0 Å². The monoisotopic (exact) mass is 462 g/mol. The van der Waals surface area contributed by atoms with E-state index in [1.807, 2.05) is 18.2 Å². The molecule has 182 valence electrons. The second kappa shape index (κ2) is 10.5. The van der Waals surface area contributed by atoms with Gasteiger partial charge in [-0.3, -0.25) is 14.6 Å². The number of piperidine rings is 1. The van der Waals surface area contributed by atoms with Crippen molar-refractivity contribution in [2.24, 2.45) is 0 Å². The summed E-state index contributed by atoms with van der Waals surface area (Å²) in [6, 6.07) is 17.8. The van der Waals surface area contributed by atoms with Gasteiger partial charge < -0.3 is 14.9 Å². The number of likely N-dealkylation sites (N-methyl/N-ethyl adjacent to an activating group) is 1. The van der Waals surface area contributed by atoms with Crippen LogP contribution < -0.4 is 4.90 Å². The third-order valence-electron chi connectivity index (χ3n) is 8.10. The Morgan fingerprint density at radius 3 is 2.41 bits per heavy atom. The molecule has 0 radical (unpaired) electrons. The van der Waals surface area contributed by atoms with Gasteiger partial charge in [-0.15, -0.1) is 0 Å². The number of rotatable bonds is 6. The molecule has 0 aromatic heterocycles. The third-order valence-corrected chi connectivity index (χ3v) is 8.10. The quantitative estimate of drug-likeness (QED) is 0.710. The summed E-state index contributed by atoms with van der Waals surface area (Å²) in [7, 11) is 2.22. The van der Waals surface area contributed by atoms with Gasteiger partial charge in [0.25, 0.3) is 0 Å². The molecular formula is C28H38N4O2. The fourth-order valence-electron chi connectivity index (χ4n) is 6.00. The Labute approximate surface area is 203 Å². The average Bonchev–Trinajstić information content (AvgIpc) is 3.28. The molecule has 5 rings (SSSR count). The van der Waals surface area contributed by atoms with Crippen molar-refractivity contribution >= 4 is 11.7 Å². The molecule has 0 bridgehead atoms. The highest BCUT2D eigenvalue weighted by Gasteiger charge is 2.33. The van der Waals surface area contributed by atoms with Crippen LogP contribution in [0.4, 0.5) is 5.69 Å². The van der Waals surface area contributed by atoms with Gasteiger partial charge in [-0.2, -0.15) is 0 Å². The van der Waals surface area contributed by atoms with Crippen LogP contribution >= 0.6 is 0 Å². The highest BCUT2D eigenvalue weighted by Crippen LogP contribution is 2.31. The number of carbonyl (C=O) groups is 1. The number of hydrogen-bond acceptors (Lipinski definition) is 5. The smallest absolute Gasteiger partial charge is 0.305 e. The number of carboxylic acids is 1. The zero-order valence-corrected chi connectivity index (χ0v) is 20.4. The maximum Gasteiger partial charge on any atom is 0.305 e. The van der Waals surface area contributed by atoms with E-state index in [1.54, 1.807) is 0 Å². The Balaban J connectivity index is 1.19. The Morgan fingerprint density at radius 2 is 1.68 bits per heavy atom. The molecule has 1 unspecified atom stereocenters. The normalized spacial score (nSPS) is 21.9. The van der Waals surface area contributed by atoms with Crippen LogP contribution in [-0.2, 0) is 17.6 Å². The Bertz CT molecular complexity index is 974. The molecule has 6 heteroatoms. The lowest BCUT2D eigenvalue weighted by atomic mass is 9.96. The van der Waals surface area contributed by atoms with Gasteiger partial charge in [0.05, 0.1) is 13.1 Å². The zero-order chi connectivity index (χ0) is 23.5. The molecule has 2 aromatic rings. The minimum Gasteiger partial charge on any atom is -0.481 e. The molecule has 34 heavy (non-hydrogen) atoms. The average molecular weight is 463 g/mol. The summed E-state index contributed by atoms with van der Waals surface area (Å²) in [6.45, 7) is 7.42. The van der Waals surface area contributed by atoms with E-state index < -0.39 is 5.97 Å². The van der Waals surface area contributed by atoms with Gasteiger partial charge in [0.2, 0.25) is 0 Å². The first kappa shape index (κ1) is 23.3. The summed E-state index contributed by atoms with van der Waals surface area (Å²) >= 11 is 0. The molecule has 3 heterocycles. The molecule has 6 nitrogen and oxygen atoms in total. The molecule has 0 saturated carbocycles. The number of aliphatic carboxylic acids is 1. The van der Waals surface area contributed by atoms with Gasteiger partial charge in [-0.25, -0.2) is 0 Å². The van der Waals surface area contributed by atoms with Crippen LogP contribution in [0.1, 0.15) is 42.0 Å². The first-order valence-electron chi connectivity index (χ1n) is 12.9. The van der Waals surface area contributed by atoms with E-state index in [4.69, 9.17) is 0 Å². The molecule has 2 fully saturated rings. The highest BCUT2D eigenvalue weighted by molar-refractivity contribution is 5.68. The predicted molar refractivity (Wildman–Crippen MR) is 136 cm³/mol. The highest BCUT2D eigenvalue weighted by atomic mass is 16.4. The standard InChI is InChI=1S/C28H38N4O2/c1-29-13-9-22-7-8-26(19-24(22)10-14-29)32-18-17-31(21-32)25-11-15-30(16-12-25)27(20-28(33)34)23-5-3-2-4-6-23/h2-8,19,25,27H,9-18,20-21H2,1H3,(H,33,34). The minimum atomic E-state index is -0.724. The summed E-state index contributed by atoms with van der Waals surface area (Å²) in [5.74, 6) is -0.724. The van der Waals surface area contributed by atoms with E-state index in [2.05, 4.69) is 57.0 Å². The largest absolute Gasteiger partial charge is 0.481 e. The Hall–Kier alpha value is -2.41. The molecule has 3 aliphatic heterocycles. The van der Waals surface area contributed by atoms with Gasteiger partial charge in [0.15, 0.2) is 0 Å². The van der Waals surface area contributed by atoms with E-state index in [9.17, 15) is 9.90 Å². The van der Waals surface area contributed by atoms with E-state index in [1.165, 1.54) is 16.8 Å². The van der Waals surface area contributed by atoms with Crippen LogP contribution in [0, 0.1) is 0 Å². The number of anilines is 1. The van der Waals surface area contributed by atoms with Crippen LogP contribution in [0.15, 0.2) is 48.5 Å². The molecule has 1 atom stereocenters. The molecule has 1 N–H and O–H groups in total. The summed E-state index contributed by atoms with van der Waals surface area (Å²) < 4.78 is 0. The molecule has 0 amide bonds. The maximum absolute atomic E-state index is 11.6. The lowest BCUT2D eigenvalue weighted by molar-refractivity contribution is -0.138. The topological polar surface area (TPSA) is 50.3 Å². The molecule has 2 saturated heterocycles. The second-order valence-electron chi connectivity index (χ2n) is 10.3. The fourth-order valence-corrected chi connectivity index (χ4v) is 6.00. The van der Waals surface area contributed by atoms with Crippen molar-refractivity contribution in [1.82, 2.24) is 14.7 Å². The summed E-state index contributed by atoms with van der Waals surface area (Å²) in [5.41, 5.74) is 5.53. The van der Waals surface area contributed by atoms with Gasteiger partial charge in [0, 0.05) is 57.0 Å². The maximum atomic E-state index is 11.6. The number of fused-ring (bicyclic) bond motifs is 1. The van der Waals surface area contributed by atoms with Crippen LogP contribution in [0.3, 0.4) is 0 Å². The van der Waals surface area contributed by atoms with Crippen molar-refractivity contribution in [3.8, 4) is 0 Å². The molecule has 3 aliphatic rings. The molecule has 0 spiro atoms. The zero-order valence-electron chi connectivity index (χ0n) is 20.4. The van der Waals surface area contributed by atoms with Crippen LogP contribution in [0.2, 0.25) is 0 Å². The lowest BCUT2D eigenvalue weighted by Crippen LogP contribution is -2.46. The number of carboxylic acid groups (broad SMARTS) is 1. The Kier molecular flexibility index (Phi) is 7.18. The number of likely N-dealkylation sites (tertiary alicyclic amines) is 1.